The topological polar surface area (TPSA) is 115 Å². The molecule has 0 unspecified atom stereocenters. The number of nitrogens with one attached hydrogen (secondary N) is 1. The molecule has 0 atom stereocenters. The van der Waals surface area contributed by atoms with Gasteiger partial charge in [0.05, 0.1) is 14.8 Å². The second kappa shape index (κ2) is 8.50. The molecule has 7 nitrogen and oxygen atoms in total. The number of hydrogen-bond acceptors (Lipinski definition) is 5. The van der Waals surface area contributed by atoms with Crippen LogP contribution in [0.2, 0.25) is 5.02 Å². The lowest BCUT2D eigenvalue weighted by molar-refractivity contribution is -0.385. The SMILES string of the molecule is Cc1c(Cl)cc(S(=O)(=O)NCCCCN)cc1[N+](=O)[O-].Cl. The Kier molecular flexibility index (Phi) is 8.12. The third kappa shape index (κ3) is 5.40. The van der Waals surface area contributed by atoms with Crippen LogP contribution in [-0.4, -0.2) is 26.4 Å². The number of hydrogen-bond donors (Lipinski definition) is 2. The summed E-state index contributed by atoms with van der Waals surface area (Å²) in [6, 6.07) is 2.21. The summed E-state index contributed by atoms with van der Waals surface area (Å²) < 4.78 is 26.4. The van der Waals surface area contributed by atoms with Gasteiger partial charge in [0.2, 0.25) is 10.0 Å². The zero-order valence-corrected chi connectivity index (χ0v) is 13.7. The van der Waals surface area contributed by atoms with Gasteiger partial charge in [0, 0.05) is 18.2 Å². The highest BCUT2D eigenvalue weighted by Gasteiger charge is 2.22. The van der Waals surface area contributed by atoms with Crippen LogP contribution in [-0.2, 0) is 10.0 Å². The summed E-state index contributed by atoms with van der Waals surface area (Å²) in [6.07, 6.45) is 1.29. The van der Waals surface area contributed by atoms with E-state index in [1.54, 1.807) is 0 Å². The van der Waals surface area contributed by atoms with Crippen LogP contribution < -0.4 is 10.5 Å². The Bertz CT molecular complexity index is 608. The maximum Gasteiger partial charge on any atom is 0.275 e. The normalized spacial score (nSPS) is 11.0. The van der Waals surface area contributed by atoms with Crippen molar-refractivity contribution < 1.29 is 13.3 Å². The Morgan fingerprint density at radius 2 is 2.00 bits per heavy atom. The van der Waals surface area contributed by atoms with E-state index >= 15 is 0 Å². The summed E-state index contributed by atoms with van der Waals surface area (Å²) in [5.41, 5.74) is 5.22. The lowest BCUT2D eigenvalue weighted by atomic mass is 10.2. The number of rotatable bonds is 7. The van der Waals surface area contributed by atoms with Crippen LogP contribution in [0.5, 0.6) is 0 Å². The van der Waals surface area contributed by atoms with E-state index < -0.39 is 14.9 Å². The fourth-order valence-corrected chi connectivity index (χ4v) is 2.94. The van der Waals surface area contributed by atoms with Crippen molar-refractivity contribution in [1.82, 2.24) is 4.72 Å². The van der Waals surface area contributed by atoms with Crippen molar-refractivity contribution in [3.05, 3.63) is 32.8 Å². The molecule has 0 amide bonds. The van der Waals surface area contributed by atoms with Gasteiger partial charge in [-0.2, -0.15) is 0 Å². The van der Waals surface area contributed by atoms with Gasteiger partial charge in [-0.3, -0.25) is 10.1 Å². The Morgan fingerprint density at radius 1 is 1.38 bits per heavy atom. The largest absolute Gasteiger partial charge is 0.330 e. The number of nitro benzene ring substituents is 1. The molecule has 0 spiro atoms. The second-order valence-corrected chi connectivity index (χ2v) is 6.37. The molecule has 1 rings (SSSR count). The molecule has 0 fully saturated rings. The minimum Gasteiger partial charge on any atom is -0.330 e. The van der Waals surface area contributed by atoms with Crippen LogP contribution >= 0.6 is 24.0 Å². The molecule has 0 aliphatic heterocycles. The Labute approximate surface area is 134 Å². The van der Waals surface area contributed by atoms with Gasteiger partial charge in [-0.05, 0) is 32.4 Å². The Hall–Kier alpha value is -0.930. The zero-order chi connectivity index (χ0) is 15.3. The van der Waals surface area contributed by atoms with Crippen LogP contribution in [0.1, 0.15) is 18.4 Å². The van der Waals surface area contributed by atoms with E-state index in [4.69, 9.17) is 17.3 Å². The summed E-state index contributed by atoms with van der Waals surface area (Å²) in [5.74, 6) is 0. The van der Waals surface area contributed by atoms with Gasteiger partial charge in [0.1, 0.15) is 0 Å². The standard InChI is InChI=1S/C11H16ClN3O4S.ClH/c1-8-10(12)6-9(7-11(8)15(16)17)20(18,19)14-5-3-2-4-13;/h6-7,14H,2-5,13H2,1H3;1H. The van der Waals surface area contributed by atoms with Crippen molar-refractivity contribution in [2.75, 3.05) is 13.1 Å². The lowest BCUT2D eigenvalue weighted by Gasteiger charge is -2.08. The van der Waals surface area contributed by atoms with Gasteiger partial charge >= 0.3 is 0 Å². The summed E-state index contributed by atoms with van der Waals surface area (Å²) in [5, 5.41) is 10.9. The quantitative estimate of drug-likeness (QED) is 0.439. The van der Waals surface area contributed by atoms with E-state index in [0.717, 1.165) is 6.07 Å². The van der Waals surface area contributed by atoms with Crippen molar-refractivity contribution in [3.63, 3.8) is 0 Å². The Morgan fingerprint density at radius 3 is 2.52 bits per heavy atom. The number of halogens is 2. The van der Waals surface area contributed by atoms with Crippen LogP contribution in [0.4, 0.5) is 5.69 Å². The van der Waals surface area contributed by atoms with Crippen molar-refractivity contribution >= 4 is 39.7 Å². The van der Waals surface area contributed by atoms with Crippen molar-refractivity contribution in [3.8, 4) is 0 Å². The minimum absolute atomic E-state index is 0. The smallest absolute Gasteiger partial charge is 0.275 e. The average molecular weight is 358 g/mol. The van der Waals surface area contributed by atoms with E-state index in [0.29, 0.717) is 19.4 Å². The molecule has 0 heterocycles. The highest BCUT2D eigenvalue weighted by molar-refractivity contribution is 7.89. The van der Waals surface area contributed by atoms with Crippen molar-refractivity contribution in [2.45, 2.75) is 24.7 Å². The fourth-order valence-electron chi connectivity index (χ4n) is 1.54. The minimum atomic E-state index is -3.82. The second-order valence-electron chi connectivity index (χ2n) is 4.20. The van der Waals surface area contributed by atoms with Gasteiger partial charge in [0.15, 0.2) is 0 Å². The third-order valence-electron chi connectivity index (χ3n) is 2.72. The predicted molar refractivity (Wildman–Crippen MR) is 83.6 cm³/mol. The number of nitrogens with two attached hydrogens (primary N) is 1. The number of sulfonamides is 1. The molecule has 0 radical (unpaired) electrons. The van der Waals surface area contributed by atoms with E-state index in [1.165, 1.54) is 13.0 Å². The molecule has 0 aliphatic carbocycles. The molecule has 0 bridgehead atoms. The van der Waals surface area contributed by atoms with E-state index in [1.807, 2.05) is 0 Å². The predicted octanol–water partition coefficient (Wildman–Crippen LogP) is 2.00. The molecular formula is C11H17Cl2N3O4S. The molecule has 0 saturated carbocycles. The Balaban J connectivity index is 0.00000400. The van der Waals surface area contributed by atoms with Crippen molar-refractivity contribution in [1.29, 1.82) is 0 Å². The molecule has 0 aromatic heterocycles. The molecule has 0 aliphatic rings. The van der Waals surface area contributed by atoms with Crippen LogP contribution in [0.3, 0.4) is 0 Å². The van der Waals surface area contributed by atoms with E-state index in [-0.39, 0.29) is 40.1 Å². The molecule has 1 aromatic rings. The average Bonchev–Trinajstić information content (AvgIpc) is 2.37. The molecule has 3 N–H and O–H groups in total. The van der Waals surface area contributed by atoms with Crippen LogP contribution in [0, 0.1) is 17.0 Å². The van der Waals surface area contributed by atoms with Gasteiger partial charge in [-0.15, -0.1) is 12.4 Å². The number of nitrogens with zero attached hydrogens (tertiary/aromatic N) is 1. The lowest BCUT2D eigenvalue weighted by Crippen LogP contribution is -2.25. The first kappa shape index (κ1) is 20.1. The molecule has 10 heteroatoms. The first-order valence-corrected chi connectivity index (χ1v) is 7.80. The maximum absolute atomic E-state index is 12.0. The summed E-state index contributed by atoms with van der Waals surface area (Å²) >= 11 is 5.84. The first-order valence-electron chi connectivity index (χ1n) is 5.94. The number of benzene rings is 1. The number of nitro groups is 1. The number of unbranched alkanes of at least 4 members (excludes halogenated alkanes) is 1. The fraction of sp³-hybridized carbons (Fsp3) is 0.455. The third-order valence-corrected chi connectivity index (χ3v) is 4.55. The highest BCUT2D eigenvalue weighted by Crippen LogP contribution is 2.29. The highest BCUT2D eigenvalue weighted by atomic mass is 35.5. The monoisotopic (exact) mass is 357 g/mol. The maximum atomic E-state index is 12.0. The van der Waals surface area contributed by atoms with E-state index in [9.17, 15) is 18.5 Å². The zero-order valence-electron chi connectivity index (χ0n) is 11.3. The summed E-state index contributed by atoms with van der Waals surface area (Å²) in [7, 11) is -3.82. The van der Waals surface area contributed by atoms with Gasteiger partial charge in [-0.1, -0.05) is 11.6 Å². The molecule has 21 heavy (non-hydrogen) atoms. The van der Waals surface area contributed by atoms with Gasteiger partial charge in [0.25, 0.3) is 5.69 Å². The van der Waals surface area contributed by atoms with Gasteiger partial charge in [-0.25, -0.2) is 13.1 Å². The van der Waals surface area contributed by atoms with E-state index in [2.05, 4.69) is 4.72 Å². The van der Waals surface area contributed by atoms with Crippen LogP contribution in [0.15, 0.2) is 17.0 Å². The molecule has 1 aromatic carbocycles. The summed E-state index contributed by atoms with van der Waals surface area (Å²) in [6.45, 7) is 2.16. The molecule has 0 saturated heterocycles. The van der Waals surface area contributed by atoms with Crippen LogP contribution in [0.25, 0.3) is 0 Å². The molecular weight excluding hydrogens is 341 g/mol. The van der Waals surface area contributed by atoms with Crippen molar-refractivity contribution in [2.24, 2.45) is 5.73 Å². The first-order chi connectivity index (χ1) is 9.29. The molecule has 120 valence electrons. The summed E-state index contributed by atoms with van der Waals surface area (Å²) in [4.78, 5) is 10.00. The van der Waals surface area contributed by atoms with Gasteiger partial charge < -0.3 is 5.73 Å².